The molecule has 1 spiro atoms. The van der Waals surface area contributed by atoms with Gasteiger partial charge in [0, 0.05) is 12.1 Å². The number of nitrogens with zero attached hydrogens (tertiary/aromatic N) is 1. The molecule has 2 aliphatic rings. The van der Waals surface area contributed by atoms with Crippen LogP contribution in [-0.4, -0.2) is 46.3 Å². The van der Waals surface area contributed by atoms with E-state index in [9.17, 15) is 4.79 Å². The van der Waals surface area contributed by atoms with E-state index in [-0.39, 0.29) is 23.8 Å². The summed E-state index contributed by atoms with van der Waals surface area (Å²) in [7, 11) is 0. The van der Waals surface area contributed by atoms with E-state index < -0.39 is 5.97 Å². The molecule has 0 radical (unpaired) electrons. The highest BCUT2D eigenvalue weighted by atomic mass is 16.5. The van der Waals surface area contributed by atoms with E-state index in [1.807, 2.05) is 4.90 Å². The Morgan fingerprint density at radius 2 is 1.95 bits per heavy atom. The van der Waals surface area contributed by atoms with Crippen LogP contribution in [0.4, 0.5) is 0 Å². The van der Waals surface area contributed by atoms with Crippen LogP contribution >= 0.6 is 0 Å². The van der Waals surface area contributed by atoms with E-state index in [2.05, 4.69) is 20.8 Å². The second-order valence-corrected chi connectivity index (χ2v) is 7.11. The molecule has 1 aliphatic carbocycles. The van der Waals surface area contributed by atoms with Crippen LogP contribution in [0.1, 0.15) is 59.3 Å². The number of aliphatic carboxylic acids is 1. The van der Waals surface area contributed by atoms with Gasteiger partial charge in [0.1, 0.15) is 0 Å². The molecule has 1 aliphatic heterocycles. The molecule has 2 rings (SSSR count). The molecule has 1 unspecified atom stereocenters. The SMILES string of the molecule is CC(C)(C)N(CC(=O)O)CC1CCC2(CCCC2)O1. The number of ether oxygens (including phenoxy) is 1. The monoisotopic (exact) mass is 269 g/mol. The maximum absolute atomic E-state index is 11.0. The first-order valence-electron chi connectivity index (χ1n) is 7.45. The van der Waals surface area contributed by atoms with Gasteiger partial charge in [0.2, 0.25) is 0 Å². The zero-order chi connectivity index (χ0) is 14.1. The van der Waals surface area contributed by atoms with Crippen LogP contribution < -0.4 is 0 Å². The molecule has 4 nitrogen and oxygen atoms in total. The van der Waals surface area contributed by atoms with Crippen molar-refractivity contribution in [2.24, 2.45) is 0 Å². The number of carbonyl (C=O) groups is 1. The van der Waals surface area contributed by atoms with Crippen LogP contribution in [0.2, 0.25) is 0 Å². The zero-order valence-electron chi connectivity index (χ0n) is 12.4. The lowest BCUT2D eigenvalue weighted by Crippen LogP contribution is -2.48. The van der Waals surface area contributed by atoms with Crippen molar-refractivity contribution < 1.29 is 14.6 Å². The van der Waals surface area contributed by atoms with Gasteiger partial charge in [0.15, 0.2) is 0 Å². The molecule has 0 aromatic rings. The Morgan fingerprint density at radius 1 is 1.32 bits per heavy atom. The van der Waals surface area contributed by atoms with Gasteiger partial charge in [-0.25, -0.2) is 0 Å². The van der Waals surface area contributed by atoms with Crippen molar-refractivity contribution >= 4 is 5.97 Å². The standard InChI is InChI=1S/C15H27NO3/c1-14(2,3)16(11-13(17)18)10-12-6-9-15(19-12)7-4-5-8-15/h12H,4-11H2,1-3H3,(H,17,18). The lowest BCUT2D eigenvalue weighted by Gasteiger charge is -2.36. The van der Waals surface area contributed by atoms with Crippen molar-refractivity contribution in [2.45, 2.75) is 76.5 Å². The van der Waals surface area contributed by atoms with Gasteiger partial charge in [-0.1, -0.05) is 12.8 Å². The van der Waals surface area contributed by atoms with Crippen LogP contribution in [0.5, 0.6) is 0 Å². The molecular weight excluding hydrogens is 242 g/mol. The molecule has 0 aromatic carbocycles. The average Bonchev–Trinajstić information content (AvgIpc) is 2.87. The molecule has 19 heavy (non-hydrogen) atoms. The summed E-state index contributed by atoms with van der Waals surface area (Å²) in [4.78, 5) is 13.0. The largest absolute Gasteiger partial charge is 0.480 e. The van der Waals surface area contributed by atoms with Gasteiger partial charge in [0.25, 0.3) is 0 Å². The quantitative estimate of drug-likeness (QED) is 0.852. The zero-order valence-corrected chi connectivity index (χ0v) is 12.4. The third-order valence-corrected chi connectivity index (χ3v) is 4.55. The first kappa shape index (κ1) is 14.8. The summed E-state index contributed by atoms with van der Waals surface area (Å²) in [6.07, 6.45) is 7.39. The Bertz CT molecular complexity index is 329. The Hall–Kier alpha value is -0.610. The molecule has 4 heteroatoms. The highest BCUT2D eigenvalue weighted by Gasteiger charge is 2.43. The molecule has 1 N–H and O–H groups in total. The normalized spacial score (nSPS) is 26.4. The summed E-state index contributed by atoms with van der Waals surface area (Å²) in [6, 6.07) is 0. The van der Waals surface area contributed by atoms with Crippen LogP contribution in [0.15, 0.2) is 0 Å². The van der Waals surface area contributed by atoms with Gasteiger partial charge in [-0.15, -0.1) is 0 Å². The average molecular weight is 269 g/mol. The fraction of sp³-hybridized carbons (Fsp3) is 0.933. The molecule has 2 fully saturated rings. The topological polar surface area (TPSA) is 49.8 Å². The minimum atomic E-state index is -0.761. The summed E-state index contributed by atoms with van der Waals surface area (Å²) in [5.41, 5.74) is 0.00459. The van der Waals surface area contributed by atoms with Crippen LogP contribution in [0.25, 0.3) is 0 Å². The highest BCUT2D eigenvalue weighted by molar-refractivity contribution is 5.69. The smallest absolute Gasteiger partial charge is 0.317 e. The minimum Gasteiger partial charge on any atom is -0.480 e. The number of hydrogen-bond acceptors (Lipinski definition) is 3. The van der Waals surface area contributed by atoms with Gasteiger partial charge < -0.3 is 9.84 Å². The van der Waals surface area contributed by atoms with Crippen molar-refractivity contribution in [3.8, 4) is 0 Å². The molecule has 1 saturated carbocycles. The lowest BCUT2D eigenvalue weighted by atomic mass is 9.98. The Kier molecular flexibility index (Phi) is 4.21. The molecule has 1 heterocycles. The molecule has 1 atom stereocenters. The van der Waals surface area contributed by atoms with E-state index >= 15 is 0 Å². The van der Waals surface area contributed by atoms with E-state index in [0.717, 1.165) is 19.4 Å². The van der Waals surface area contributed by atoms with E-state index in [4.69, 9.17) is 9.84 Å². The second kappa shape index (κ2) is 5.41. The number of rotatable bonds is 4. The summed E-state index contributed by atoms with van der Waals surface area (Å²) < 4.78 is 6.28. The fourth-order valence-electron chi connectivity index (χ4n) is 3.40. The summed E-state index contributed by atoms with van der Waals surface area (Å²) in [5.74, 6) is -0.761. The third kappa shape index (κ3) is 3.69. The van der Waals surface area contributed by atoms with Crippen LogP contribution in [0.3, 0.4) is 0 Å². The van der Waals surface area contributed by atoms with Crippen LogP contribution in [-0.2, 0) is 9.53 Å². The molecule has 0 bridgehead atoms. The summed E-state index contributed by atoms with van der Waals surface area (Å²) in [6.45, 7) is 7.02. The number of carboxylic acids is 1. The maximum Gasteiger partial charge on any atom is 0.317 e. The molecule has 0 aromatic heterocycles. The lowest BCUT2D eigenvalue weighted by molar-refractivity contribution is -0.140. The van der Waals surface area contributed by atoms with Crippen molar-refractivity contribution in [1.29, 1.82) is 0 Å². The van der Waals surface area contributed by atoms with E-state index in [1.165, 1.54) is 25.7 Å². The third-order valence-electron chi connectivity index (χ3n) is 4.55. The Balaban J connectivity index is 1.93. The highest BCUT2D eigenvalue weighted by Crippen LogP contribution is 2.43. The first-order chi connectivity index (χ1) is 8.81. The van der Waals surface area contributed by atoms with Crippen LogP contribution in [0, 0.1) is 0 Å². The van der Waals surface area contributed by atoms with Gasteiger partial charge in [-0.05, 0) is 46.5 Å². The first-order valence-corrected chi connectivity index (χ1v) is 7.45. The second-order valence-electron chi connectivity index (χ2n) is 7.11. The van der Waals surface area contributed by atoms with Crippen molar-refractivity contribution in [3.05, 3.63) is 0 Å². The Labute approximate surface area is 116 Å². The summed E-state index contributed by atoms with van der Waals surface area (Å²) >= 11 is 0. The number of hydrogen-bond donors (Lipinski definition) is 1. The van der Waals surface area contributed by atoms with Crippen molar-refractivity contribution in [2.75, 3.05) is 13.1 Å². The van der Waals surface area contributed by atoms with Crippen molar-refractivity contribution in [3.63, 3.8) is 0 Å². The molecular formula is C15H27NO3. The minimum absolute atomic E-state index is 0.0936. The van der Waals surface area contributed by atoms with E-state index in [1.54, 1.807) is 0 Å². The Morgan fingerprint density at radius 3 is 2.47 bits per heavy atom. The maximum atomic E-state index is 11.0. The predicted molar refractivity (Wildman–Crippen MR) is 74.3 cm³/mol. The predicted octanol–water partition coefficient (Wildman–Crippen LogP) is 2.66. The molecule has 110 valence electrons. The van der Waals surface area contributed by atoms with Gasteiger partial charge in [-0.2, -0.15) is 0 Å². The fourth-order valence-corrected chi connectivity index (χ4v) is 3.40. The molecule has 1 saturated heterocycles. The molecule has 0 amide bonds. The van der Waals surface area contributed by atoms with Gasteiger partial charge in [-0.3, -0.25) is 9.69 Å². The van der Waals surface area contributed by atoms with Gasteiger partial charge >= 0.3 is 5.97 Å². The van der Waals surface area contributed by atoms with Gasteiger partial charge in [0.05, 0.1) is 18.2 Å². The van der Waals surface area contributed by atoms with Crippen molar-refractivity contribution in [1.82, 2.24) is 4.90 Å². The number of carboxylic acid groups (broad SMARTS) is 1. The van der Waals surface area contributed by atoms with E-state index in [0.29, 0.717) is 0 Å². The summed E-state index contributed by atoms with van der Waals surface area (Å²) in [5, 5.41) is 9.04.